The molecule has 2 heterocycles. The first-order valence-corrected chi connectivity index (χ1v) is 7.43. The Labute approximate surface area is 113 Å². The van der Waals surface area contributed by atoms with Crippen LogP contribution in [-0.2, 0) is 10.3 Å². The molecule has 1 saturated heterocycles. The Balaban J connectivity index is 1.73. The van der Waals surface area contributed by atoms with Gasteiger partial charge in [-0.05, 0) is 38.5 Å². The fourth-order valence-electron chi connectivity index (χ4n) is 3.24. The molecule has 1 aliphatic heterocycles. The van der Waals surface area contributed by atoms with E-state index in [2.05, 4.69) is 10.1 Å². The van der Waals surface area contributed by atoms with Gasteiger partial charge in [0.05, 0.1) is 6.04 Å². The highest BCUT2D eigenvalue weighted by Crippen LogP contribution is 2.36. The molecule has 0 spiro atoms. The Kier molecular flexibility index (Phi) is 3.58. The molecule has 1 saturated carbocycles. The monoisotopic (exact) mass is 265 g/mol. The van der Waals surface area contributed by atoms with Crippen LogP contribution in [0.2, 0.25) is 0 Å². The lowest BCUT2D eigenvalue weighted by Crippen LogP contribution is -2.25. The third-order valence-electron chi connectivity index (χ3n) is 4.58. The van der Waals surface area contributed by atoms with Gasteiger partial charge >= 0.3 is 0 Å². The molecule has 0 aromatic carbocycles. The third-order valence-corrected chi connectivity index (χ3v) is 4.58. The second-order valence-corrected chi connectivity index (χ2v) is 6.06. The average molecular weight is 265 g/mol. The van der Waals surface area contributed by atoms with Gasteiger partial charge in [-0.25, -0.2) is 0 Å². The van der Waals surface area contributed by atoms with Crippen LogP contribution in [0.15, 0.2) is 4.52 Å². The van der Waals surface area contributed by atoms with Crippen molar-refractivity contribution in [1.29, 1.82) is 0 Å². The number of ether oxygens (including phenoxy) is 1. The van der Waals surface area contributed by atoms with Crippen LogP contribution in [0.4, 0.5) is 0 Å². The summed E-state index contributed by atoms with van der Waals surface area (Å²) in [7, 11) is 0. The third kappa shape index (κ3) is 2.54. The fourth-order valence-corrected chi connectivity index (χ4v) is 3.24. The molecule has 0 amide bonds. The average Bonchev–Trinajstić information content (AvgIpc) is 3.08. The molecule has 0 radical (unpaired) electrons. The summed E-state index contributed by atoms with van der Waals surface area (Å²) in [6.07, 6.45) is 8.20. The van der Waals surface area contributed by atoms with Crippen molar-refractivity contribution in [3.8, 4) is 0 Å². The number of rotatable bonds is 3. The van der Waals surface area contributed by atoms with Crippen LogP contribution in [-0.4, -0.2) is 16.7 Å². The lowest BCUT2D eigenvalue weighted by molar-refractivity contribution is 0.00768. The Hall–Kier alpha value is -0.940. The van der Waals surface area contributed by atoms with Gasteiger partial charge in [0.1, 0.15) is 5.60 Å². The van der Waals surface area contributed by atoms with Crippen LogP contribution in [0, 0.1) is 5.92 Å². The van der Waals surface area contributed by atoms with Crippen molar-refractivity contribution in [2.24, 2.45) is 11.7 Å². The lowest BCUT2D eigenvalue weighted by Gasteiger charge is -2.25. The molecule has 0 bridgehead atoms. The van der Waals surface area contributed by atoms with Crippen molar-refractivity contribution in [1.82, 2.24) is 10.1 Å². The van der Waals surface area contributed by atoms with Crippen LogP contribution >= 0.6 is 0 Å². The van der Waals surface area contributed by atoms with E-state index in [1.807, 2.05) is 6.92 Å². The second-order valence-electron chi connectivity index (χ2n) is 6.06. The van der Waals surface area contributed by atoms with Gasteiger partial charge in [-0.3, -0.25) is 0 Å². The standard InChI is InChI=1S/C14H23N3O2/c1-14(8-5-9-18-14)13-16-12(19-17-13)11(15)10-6-3-2-4-7-10/h10-11H,2-9,15H2,1H3. The second kappa shape index (κ2) is 5.21. The number of hydrogen-bond acceptors (Lipinski definition) is 5. The first-order chi connectivity index (χ1) is 9.19. The minimum Gasteiger partial charge on any atom is -0.367 e. The molecule has 2 aliphatic rings. The summed E-state index contributed by atoms with van der Waals surface area (Å²) in [5.74, 6) is 1.73. The van der Waals surface area contributed by atoms with E-state index in [1.54, 1.807) is 0 Å². The van der Waals surface area contributed by atoms with Crippen molar-refractivity contribution < 1.29 is 9.26 Å². The molecule has 3 rings (SSSR count). The van der Waals surface area contributed by atoms with E-state index in [1.165, 1.54) is 32.1 Å². The summed E-state index contributed by atoms with van der Waals surface area (Å²) in [5.41, 5.74) is 5.91. The fraction of sp³-hybridized carbons (Fsp3) is 0.857. The zero-order valence-electron chi connectivity index (χ0n) is 11.6. The molecule has 1 aliphatic carbocycles. The van der Waals surface area contributed by atoms with E-state index < -0.39 is 0 Å². The van der Waals surface area contributed by atoms with E-state index in [0.717, 1.165) is 19.4 Å². The maximum Gasteiger partial charge on any atom is 0.243 e. The molecule has 5 nitrogen and oxygen atoms in total. The van der Waals surface area contributed by atoms with E-state index in [0.29, 0.717) is 17.6 Å². The maximum atomic E-state index is 6.29. The van der Waals surface area contributed by atoms with E-state index in [4.69, 9.17) is 15.0 Å². The van der Waals surface area contributed by atoms with E-state index in [-0.39, 0.29) is 11.6 Å². The molecule has 2 unspecified atom stereocenters. The van der Waals surface area contributed by atoms with Gasteiger partial charge in [0.25, 0.3) is 0 Å². The van der Waals surface area contributed by atoms with Crippen LogP contribution in [0.1, 0.15) is 69.6 Å². The first kappa shape index (κ1) is 13.1. The van der Waals surface area contributed by atoms with Crippen LogP contribution < -0.4 is 5.73 Å². The quantitative estimate of drug-likeness (QED) is 0.909. The van der Waals surface area contributed by atoms with Gasteiger partial charge in [0.15, 0.2) is 0 Å². The van der Waals surface area contributed by atoms with E-state index >= 15 is 0 Å². The molecule has 106 valence electrons. The van der Waals surface area contributed by atoms with Crippen molar-refractivity contribution in [2.75, 3.05) is 6.61 Å². The normalized spacial score (nSPS) is 30.6. The zero-order valence-corrected chi connectivity index (χ0v) is 11.6. The van der Waals surface area contributed by atoms with Crippen LogP contribution in [0.25, 0.3) is 0 Å². The smallest absolute Gasteiger partial charge is 0.243 e. The largest absolute Gasteiger partial charge is 0.367 e. The van der Waals surface area contributed by atoms with Gasteiger partial charge < -0.3 is 15.0 Å². The number of hydrogen-bond donors (Lipinski definition) is 1. The summed E-state index contributed by atoms with van der Waals surface area (Å²) in [6, 6.07) is -0.119. The summed E-state index contributed by atoms with van der Waals surface area (Å²) in [5, 5.41) is 4.09. The summed E-state index contributed by atoms with van der Waals surface area (Å²) >= 11 is 0. The molecular weight excluding hydrogens is 242 g/mol. The molecule has 1 aromatic heterocycles. The predicted octanol–water partition coefficient (Wildman–Crippen LogP) is 2.68. The van der Waals surface area contributed by atoms with Crippen molar-refractivity contribution in [2.45, 2.75) is 63.5 Å². The number of nitrogens with two attached hydrogens (primary N) is 1. The van der Waals surface area contributed by atoms with Crippen molar-refractivity contribution in [3.63, 3.8) is 0 Å². The van der Waals surface area contributed by atoms with Crippen LogP contribution in [0.5, 0.6) is 0 Å². The summed E-state index contributed by atoms with van der Waals surface area (Å²) < 4.78 is 11.1. The number of aromatic nitrogens is 2. The molecule has 2 fully saturated rings. The molecule has 2 atom stereocenters. The molecule has 19 heavy (non-hydrogen) atoms. The minimum absolute atomic E-state index is 0.119. The topological polar surface area (TPSA) is 74.2 Å². The van der Waals surface area contributed by atoms with Crippen LogP contribution in [0.3, 0.4) is 0 Å². The van der Waals surface area contributed by atoms with Crippen molar-refractivity contribution >= 4 is 0 Å². The first-order valence-electron chi connectivity index (χ1n) is 7.43. The molecular formula is C14H23N3O2. The predicted molar refractivity (Wildman–Crippen MR) is 70.3 cm³/mol. The molecule has 1 aromatic rings. The summed E-state index contributed by atoms with van der Waals surface area (Å²) in [4.78, 5) is 4.51. The lowest BCUT2D eigenvalue weighted by atomic mass is 9.84. The van der Waals surface area contributed by atoms with Gasteiger partial charge in [0.2, 0.25) is 11.7 Å². The SMILES string of the molecule is CC1(c2noc(C(N)C3CCCCC3)n2)CCCO1. The van der Waals surface area contributed by atoms with Gasteiger partial charge in [-0.15, -0.1) is 0 Å². The Morgan fingerprint density at radius 3 is 2.74 bits per heavy atom. The Morgan fingerprint density at radius 2 is 2.05 bits per heavy atom. The summed E-state index contributed by atoms with van der Waals surface area (Å²) in [6.45, 7) is 2.80. The zero-order chi connectivity index (χ0) is 13.3. The van der Waals surface area contributed by atoms with Gasteiger partial charge in [-0.1, -0.05) is 24.4 Å². The van der Waals surface area contributed by atoms with Crippen molar-refractivity contribution in [3.05, 3.63) is 11.7 Å². The highest BCUT2D eigenvalue weighted by atomic mass is 16.5. The molecule has 2 N–H and O–H groups in total. The Morgan fingerprint density at radius 1 is 1.26 bits per heavy atom. The van der Waals surface area contributed by atoms with E-state index in [9.17, 15) is 0 Å². The van der Waals surface area contributed by atoms with Gasteiger partial charge in [0, 0.05) is 6.61 Å². The highest BCUT2D eigenvalue weighted by molar-refractivity contribution is 5.04. The number of nitrogens with zero attached hydrogens (tertiary/aromatic N) is 2. The van der Waals surface area contributed by atoms with Gasteiger partial charge in [-0.2, -0.15) is 4.98 Å². The Bertz CT molecular complexity index is 420. The highest BCUT2D eigenvalue weighted by Gasteiger charge is 2.37. The minimum atomic E-state index is -0.381. The maximum absolute atomic E-state index is 6.29. The molecule has 5 heteroatoms.